The fraction of sp³-hybridized carbons (Fsp3) is 0.273. The molecule has 0 aliphatic rings. The van der Waals surface area contributed by atoms with Crippen molar-refractivity contribution in [2.75, 3.05) is 0 Å². The Balaban J connectivity index is 1.91. The van der Waals surface area contributed by atoms with Crippen LogP contribution >= 0.6 is 38.6 Å². The van der Waals surface area contributed by atoms with E-state index < -0.39 is 0 Å². The Labute approximate surface area is 106 Å². The van der Waals surface area contributed by atoms with E-state index in [0.29, 0.717) is 6.04 Å². The summed E-state index contributed by atoms with van der Waals surface area (Å²) < 4.78 is 1.21. The van der Waals surface area contributed by atoms with Crippen LogP contribution in [0.2, 0.25) is 0 Å². The average Bonchev–Trinajstić information content (AvgIpc) is 2.85. The molecule has 0 spiro atoms. The van der Waals surface area contributed by atoms with Crippen molar-refractivity contribution < 1.29 is 0 Å². The number of hydrogen-bond acceptors (Lipinski definition) is 3. The van der Waals surface area contributed by atoms with Gasteiger partial charge in [0.05, 0.1) is 0 Å². The second kappa shape index (κ2) is 5.25. The summed E-state index contributed by atoms with van der Waals surface area (Å²) in [5.41, 5.74) is 0. The van der Waals surface area contributed by atoms with E-state index in [0.717, 1.165) is 6.54 Å². The smallest absolute Gasteiger partial charge is 0.0389 e. The third-order valence-electron chi connectivity index (χ3n) is 2.23. The maximum Gasteiger partial charge on any atom is 0.0389 e. The molecule has 2 aromatic rings. The Kier molecular flexibility index (Phi) is 3.97. The van der Waals surface area contributed by atoms with E-state index in [1.54, 1.807) is 22.7 Å². The topological polar surface area (TPSA) is 12.0 Å². The van der Waals surface area contributed by atoms with Crippen molar-refractivity contribution in [3.63, 3.8) is 0 Å². The van der Waals surface area contributed by atoms with Gasteiger partial charge in [0.15, 0.2) is 0 Å². The molecule has 1 N–H and O–H groups in total. The lowest BCUT2D eigenvalue weighted by atomic mass is 10.3. The maximum atomic E-state index is 3.54. The highest BCUT2D eigenvalue weighted by Crippen LogP contribution is 2.24. The predicted octanol–water partition coefficient (Wildman–Crippen LogP) is 4.42. The highest BCUT2D eigenvalue weighted by Gasteiger charge is 2.07. The molecule has 2 rings (SSSR count). The Hall–Kier alpha value is -0.160. The van der Waals surface area contributed by atoms with Gasteiger partial charge in [0, 0.05) is 26.8 Å². The zero-order valence-corrected chi connectivity index (χ0v) is 11.6. The highest BCUT2D eigenvalue weighted by atomic mass is 79.9. The number of thiophene rings is 2. The molecule has 0 saturated carbocycles. The lowest BCUT2D eigenvalue weighted by Crippen LogP contribution is -2.16. The van der Waals surface area contributed by atoms with Gasteiger partial charge in [-0.3, -0.25) is 0 Å². The summed E-state index contributed by atoms with van der Waals surface area (Å²) in [6.07, 6.45) is 0. The zero-order chi connectivity index (χ0) is 10.7. The lowest BCUT2D eigenvalue weighted by molar-refractivity contribution is 0.586. The van der Waals surface area contributed by atoms with Crippen LogP contribution in [-0.4, -0.2) is 0 Å². The monoisotopic (exact) mass is 301 g/mol. The number of hydrogen-bond donors (Lipinski definition) is 1. The number of nitrogens with one attached hydrogen (secondary N) is 1. The second-order valence-corrected chi connectivity index (χ2v) is 6.14. The van der Waals surface area contributed by atoms with Gasteiger partial charge in [-0.05, 0) is 45.7 Å². The van der Waals surface area contributed by atoms with Crippen molar-refractivity contribution >= 4 is 38.6 Å². The van der Waals surface area contributed by atoms with Crippen molar-refractivity contribution in [1.29, 1.82) is 0 Å². The molecule has 0 unspecified atom stereocenters. The van der Waals surface area contributed by atoms with Crippen molar-refractivity contribution in [2.45, 2.75) is 19.5 Å². The summed E-state index contributed by atoms with van der Waals surface area (Å²) in [6, 6.07) is 6.79. The summed E-state index contributed by atoms with van der Waals surface area (Å²) >= 11 is 7.12. The molecule has 1 nitrogen and oxygen atoms in total. The molecule has 2 aromatic heterocycles. The third kappa shape index (κ3) is 2.91. The fourth-order valence-corrected chi connectivity index (χ4v) is 3.54. The Morgan fingerprint density at radius 2 is 2.20 bits per heavy atom. The van der Waals surface area contributed by atoms with E-state index in [1.165, 1.54) is 14.2 Å². The Morgan fingerprint density at radius 1 is 1.33 bits per heavy atom. The summed E-state index contributed by atoms with van der Waals surface area (Å²) in [5.74, 6) is 0. The molecule has 15 heavy (non-hydrogen) atoms. The average molecular weight is 302 g/mol. The molecule has 0 fully saturated rings. The van der Waals surface area contributed by atoms with Crippen LogP contribution in [-0.2, 0) is 6.54 Å². The van der Waals surface area contributed by atoms with Crippen molar-refractivity contribution in [2.24, 2.45) is 0 Å². The van der Waals surface area contributed by atoms with E-state index >= 15 is 0 Å². The second-order valence-electron chi connectivity index (χ2n) is 3.31. The summed E-state index contributed by atoms with van der Waals surface area (Å²) in [7, 11) is 0. The molecule has 0 radical (unpaired) electrons. The van der Waals surface area contributed by atoms with E-state index in [9.17, 15) is 0 Å². The van der Waals surface area contributed by atoms with Crippen molar-refractivity contribution in [1.82, 2.24) is 5.32 Å². The quantitative estimate of drug-likeness (QED) is 0.881. The third-order valence-corrected chi connectivity index (χ3v) is 5.21. The minimum atomic E-state index is 0.430. The van der Waals surface area contributed by atoms with Crippen LogP contribution in [0.4, 0.5) is 0 Å². The van der Waals surface area contributed by atoms with Crippen LogP contribution < -0.4 is 5.32 Å². The van der Waals surface area contributed by atoms with Gasteiger partial charge in [-0.1, -0.05) is 6.07 Å². The van der Waals surface area contributed by atoms with E-state index in [-0.39, 0.29) is 0 Å². The molecule has 2 heterocycles. The van der Waals surface area contributed by atoms with Crippen LogP contribution in [0, 0.1) is 0 Å². The Morgan fingerprint density at radius 3 is 2.80 bits per heavy atom. The fourth-order valence-electron chi connectivity index (χ4n) is 1.34. The van der Waals surface area contributed by atoms with Crippen LogP contribution in [0.1, 0.15) is 22.7 Å². The minimum Gasteiger partial charge on any atom is -0.305 e. The van der Waals surface area contributed by atoms with Crippen LogP contribution in [0.25, 0.3) is 0 Å². The largest absolute Gasteiger partial charge is 0.305 e. The molecule has 0 saturated heterocycles. The van der Waals surface area contributed by atoms with Crippen LogP contribution in [0.5, 0.6) is 0 Å². The SMILES string of the molecule is C[C@H](NCc1sccc1Br)c1cccs1. The lowest BCUT2D eigenvalue weighted by Gasteiger charge is -2.11. The van der Waals surface area contributed by atoms with Crippen LogP contribution in [0.15, 0.2) is 33.4 Å². The van der Waals surface area contributed by atoms with E-state index in [4.69, 9.17) is 0 Å². The van der Waals surface area contributed by atoms with Gasteiger partial charge in [-0.15, -0.1) is 22.7 Å². The van der Waals surface area contributed by atoms with Gasteiger partial charge in [0.2, 0.25) is 0 Å². The molecule has 4 heteroatoms. The van der Waals surface area contributed by atoms with Gasteiger partial charge in [-0.2, -0.15) is 0 Å². The number of halogens is 1. The van der Waals surface area contributed by atoms with E-state index in [1.807, 2.05) is 0 Å². The first-order valence-corrected chi connectivity index (χ1v) is 7.31. The Bertz CT molecular complexity index is 408. The minimum absolute atomic E-state index is 0.430. The summed E-state index contributed by atoms with van der Waals surface area (Å²) in [6.45, 7) is 3.13. The van der Waals surface area contributed by atoms with E-state index in [2.05, 4.69) is 57.1 Å². The summed E-state index contributed by atoms with van der Waals surface area (Å²) in [4.78, 5) is 2.75. The van der Waals surface area contributed by atoms with Gasteiger partial charge in [-0.25, -0.2) is 0 Å². The molecule has 0 aliphatic heterocycles. The van der Waals surface area contributed by atoms with Gasteiger partial charge < -0.3 is 5.32 Å². The van der Waals surface area contributed by atoms with Crippen molar-refractivity contribution in [3.8, 4) is 0 Å². The molecule has 1 atom stereocenters. The molecule has 0 aliphatic carbocycles. The first kappa shape index (κ1) is 11.3. The first-order valence-electron chi connectivity index (χ1n) is 4.76. The number of rotatable bonds is 4. The van der Waals surface area contributed by atoms with Crippen molar-refractivity contribution in [3.05, 3.63) is 43.2 Å². The zero-order valence-electron chi connectivity index (χ0n) is 8.37. The molecule has 0 aromatic carbocycles. The van der Waals surface area contributed by atoms with Gasteiger partial charge in [0.25, 0.3) is 0 Å². The molecule has 0 amide bonds. The molecular formula is C11H12BrNS2. The molecule has 0 bridgehead atoms. The van der Waals surface area contributed by atoms with Gasteiger partial charge in [0.1, 0.15) is 0 Å². The molecule has 80 valence electrons. The summed E-state index contributed by atoms with van der Waals surface area (Å²) in [5, 5.41) is 7.75. The standard InChI is InChI=1S/C11H12BrNS2/c1-8(10-3-2-5-14-10)13-7-11-9(12)4-6-15-11/h2-6,8,13H,7H2,1H3/t8-/m0/s1. The predicted molar refractivity (Wildman–Crippen MR) is 71.6 cm³/mol. The van der Waals surface area contributed by atoms with Gasteiger partial charge >= 0.3 is 0 Å². The first-order chi connectivity index (χ1) is 7.27. The maximum absolute atomic E-state index is 3.54. The molecular weight excluding hydrogens is 290 g/mol. The highest BCUT2D eigenvalue weighted by molar-refractivity contribution is 9.10. The normalized spacial score (nSPS) is 12.9. The van der Waals surface area contributed by atoms with Crippen LogP contribution in [0.3, 0.4) is 0 Å².